The lowest BCUT2D eigenvalue weighted by atomic mass is 9.91. The minimum absolute atomic E-state index is 0.168. The lowest BCUT2D eigenvalue weighted by molar-refractivity contribution is -0.148. The Kier molecular flexibility index (Phi) is 6.90. The number of fused-ring (bicyclic) bond motifs is 1. The average molecular weight is 487 g/mol. The van der Waals surface area contributed by atoms with Crippen molar-refractivity contribution in [3.05, 3.63) is 51.5 Å². The number of aromatic nitrogens is 3. The summed E-state index contributed by atoms with van der Waals surface area (Å²) in [7, 11) is 1.53. The maximum Gasteiger partial charge on any atom is 0.309 e. The van der Waals surface area contributed by atoms with E-state index in [1.807, 2.05) is 6.92 Å². The van der Waals surface area contributed by atoms with Gasteiger partial charge in [0.25, 0.3) is 5.91 Å². The van der Waals surface area contributed by atoms with Gasteiger partial charge in [-0.25, -0.2) is 9.97 Å². The number of thiazole rings is 1. The van der Waals surface area contributed by atoms with E-state index >= 15 is 0 Å². The molecule has 0 aromatic carbocycles. The molecule has 1 aliphatic carbocycles. The van der Waals surface area contributed by atoms with Crippen molar-refractivity contribution >= 4 is 39.9 Å². The molecule has 1 atom stereocenters. The summed E-state index contributed by atoms with van der Waals surface area (Å²) in [5.74, 6) is -0.199. The number of carbonyl (C=O) groups is 2. The molecule has 10 heteroatoms. The third-order valence-electron chi connectivity index (χ3n) is 5.41. The number of rotatable bonds is 6. The van der Waals surface area contributed by atoms with Gasteiger partial charge in [0.05, 0.1) is 37.1 Å². The number of hydrogen-bond donors (Lipinski definition) is 1. The highest BCUT2D eigenvalue weighted by atomic mass is 35.5. The molecule has 1 amide bonds. The van der Waals surface area contributed by atoms with Gasteiger partial charge in [0.2, 0.25) is 0 Å². The Morgan fingerprint density at radius 1 is 1.24 bits per heavy atom. The van der Waals surface area contributed by atoms with Gasteiger partial charge in [0.1, 0.15) is 10.9 Å². The molecule has 8 nitrogen and oxygen atoms in total. The molecule has 0 unspecified atom stereocenters. The zero-order valence-electron chi connectivity index (χ0n) is 18.5. The predicted molar refractivity (Wildman–Crippen MR) is 126 cm³/mol. The molecule has 0 saturated heterocycles. The van der Waals surface area contributed by atoms with E-state index in [1.165, 1.54) is 30.8 Å². The van der Waals surface area contributed by atoms with Crippen LogP contribution < -0.4 is 10.1 Å². The van der Waals surface area contributed by atoms with E-state index in [2.05, 4.69) is 20.3 Å². The summed E-state index contributed by atoms with van der Waals surface area (Å²) in [6.07, 6.45) is 4.99. The average Bonchev–Trinajstić information content (AvgIpc) is 3.20. The van der Waals surface area contributed by atoms with Crippen LogP contribution in [0.2, 0.25) is 5.15 Å². The Balaban J connectivity index is 1.60. The van der Waals surface area contributed by atoms with E-state index in [4.69, 9.17) is 21.1 Å². The van der Waals surface area contributed by atoms with E-state index < -0.39 is 0 Å². The number of aryl methyl sites for hydroxylation is 2. The molecule has 1 N–H and O–H groups in total. The van der Waals surface area contributed by atoms with Gasteiger partial charge in [-0.2, -0.15) is 0 Å². The van der Waals surface area contributed by atoms with Crippen molar-refractivity contribution < 1.29 is 19.1 Å². The van der Waals surface area contributed by atoms with E-state index in [1.54, 1.807) is 19.1 Å². The number of halogens is 1. The van der Waals surface area contributed by atoms with E-state index in [9.17, 15) is 9.59 Å². The van der Waals surface area contributed by atoms with Crippen LogP contribution in [0.3, 0.4) is 0 Å². The third-order valence-corrected chi connectivity index (χ3v) is 6.65. The summed E-state index contributed by atoms with van der Waals surface area (Å²) < 4.78 is 10.6. The second-order valence-corrected chi connectivity index (χ2v) is 9.08. The summed E-state index contributed by atoms with van der Waals surface area (Å²) in [6.45, 7) is 4.01. The Morgan fingerprint density at radius 2 is 2.06 bits per heavy atom. The molecule has 4 rings (SSSR count). The van der Waals surface area contributed by atoms with Crippen LogP contribution in [0.1, 0.15) is 40.0 Å². The topological polar surface area (TPSA) is 103 Å². The molecule has 0 radical (unpaired) electrons. The molecule has 3 aromatic rings. The number of methoxy groups -OCH3 is 1. The number of amides is 1. The van der Waals surface area contributed by atoms with Crippen molar-refractivity contribution in [3.8, 4) is 16.9 Å². The fourth-order valence-corrected chi connectivity index (χ4v) is 5.05. The maximum atomic E-state index is 13.2. The highest BCUT2D eigenvalue weighted by Crippen LogP contribution is 2.36. The molecule has 1 aliphatic rings. The number of hydrogen-bond acceptors (Lipinski definition) is 8. The van der Waals surface area contributed by atoms with Crippen LogP contribution >= 0.6 is 22.9 Å². The molecule has 0 spiro atoms. The molecule has 0 fully saturated rings. The van der Waals surface area contributed by atoms with Crippen molar-refractivity contribution in [2.45, 2.75) is 33.1 Å². The Labute approximate surface area is 200 Å². The summed E-state index contributed by atoms with van der Waals surface area (Å²) in [5.41, 5.74) is 3.29. The summed E-state index contributed by atoms with van der Waals surface area (Å²) in [5, 5.41) is 3.66. The quantitative estimate of drug-likeness (QED) is 0.404. The Hall–Kier alpha value is -3.04. The van der Waals surface area contributed by atoms with Crippen LogP contribution in [0, 0.1) is 12.8 Å². The number of ether oxygens (including phenoxy) is 2. The number of nitrogens with zero attached hydrogens (tertiary/aromatic N) is 3. The first-order chi connectivity index (χ1) is 15.9. The fourth-order valence-electron chi connectivity index (χ4n) is 3.81. The van der Waals surface area contributed by atoms with Crippen LogP contribution in [-0.2, 0) is 22.4 Å². The summed E-state index contributed by atoms with van der Waals surface area (Å²) >= 11 is 7.50. The largest absolute Gasteiger partial charge is 0.494 e. The van der Waals surface area contributed by atoms with Crippen molar-refractivity contribution in [2.75, 3.05) is 19.0 Å². The minimum Gasteiger partial charge on any atom is -0.494 e. The summed E-state index contributed by atoms with van der Waals surface area (Å²) in [6, 6.07) is 3.46. The monoisotopic (exact) mass is 486 g/mol. The lowest BCUT2D eigenvalue weighted by Crippen LogP contribution is -2.24. The van der Waals surface area contributed by atoms with Gasteiger partial charge in [-0.3, -0.25) is 19.9 Å². The molecule has 0 bridgehead atoms. The zero-order chi connectivity index (χ0) is 23.5. The molecule has 0 saturated carbocycles. The first-order valence-corrected chi connectivity index (χ1v) is 11.7. The fraction of sp³-hybridized carbons (Fsp3) is 0.348. The second-order valence-electron chi connectivity index (χ2n) is 7.61. The number of carbonyl (C=O) groups excluding carboxylic acids is 2. The van der Waals surface area contributed by atoms with Gasteiger partial charge >= 0.3 is 5.97 Å². The van der Waals surface area contributed by atoms with Gasteiger partial charge in [0.15, 0.2) is 5.13 Å². The normalized spacial score (nSPS) is 15.0. The van der Waals surface area contributed by atoms with Gasteiger partial charge in [0, 0.05) is 27.9 Å². The maximum absolute atomic E-state index is 13.2. The van der Waals surface area contributed by atoms with Crippen molar-refractivity contribution in [2.24, 2.45) is 5.92 Å². The molecule has 33 heavy (non-hydrogen) atoms. The minimum atomic E-state index is -0.347. The molecule has 3 heterocycles. The predicted octanol–water partition coefficient (Wildman–Crippen LogP) is 4.49. The SMILES string of the molecule is CCOC(=O)[C@H]1CCc2nc(NC(=O)c3cnc(C)cc3-c3cc(Cl)ncc3OC)sc2C1. The van der Waals surface area contributed by atoms with Crippen LogP contribution in [0.4, 0.5) is 5.13 Å². The Morgan fingerprint density at radius 3 is 2.82 bits per heavy atom. The van der Waals surface area contributed by atoms with Crippen molar-refractivity contribution in [1.82, 2.24) is 15.0 Å². The van der Waals surface area contributed by atoms with Crippen molar-refractivity contribution in [3.63, 3.8) is 0 Å². The van der Waals surface area contributed by atoms with E-state index in [-0.39, 0.29) is 22.9 Å². The Bertz CT molecular complexity index is 1210. The standard InChI is InChI=1S/C23H23ClN4O4S/c1-4-32-22(30)13-5-6-17-19(8-13)33-23(27-17)28-21(29)16-10-25-12(2)7-14(16)15-9-20(24)26-11-18(15)31-3/h7,9-11,13H,4-6,8H2,1-3H3,(H,27,28,29)/t13-/m0/s1. The number of pyridine rings is 2. The highest BCUT2D eigenvalue weighted by Gasteiger charge is 2.29. The van der Waals surface area contributed by atoms with E-state index in [0.717, 1.165) is 16.3 Å². The second kappa shape index (κ2) is 9.84. The molecule has 0 aliphatic heterocycles. The first-order valence-electron chi connectivity index (χ1n) is 10.5. The van der Waals surface area contributed by atoms with Crippen LogP contribution in [-0.4, -0.2) is 40.5 Å². The molecule has 172 valence electrons. The molecule has 3 aromatic heterocycles. The van der Waals surface area contributed by atoms with Crippen LogP contribution in [0.5, 0.6) is 5.75 Å². The summed E-state index contributed by atoms with van der Waals surface area (Å²) in [4.78, 5) is 39.3. The van der Waals surface area contributed by atoms with Crippen LogP contribution in [0.25, 0.3) is 11.1 Å². The zero-order valence-corrected chi connectivity index (χ0v) is 20.0. The first kappa shape index (κ1) is 23.1. The number of nitrogens with one attached hydrogen (secondary N) is 1. The van der Waals surface area contributed by atoms with Gasteiger partial charge < -0.3 is 9.47 Å². The number of anilines is 1. The molecular formula is C23H23ClN4O4S. The highest BCUT2D eigenvalue weighted by molar-refractivity contribution is 7.15. The van der Waals surface area contributed by atoms with Crippen molar-refractivity contribution in [1.29, 1.82) is 0 Å². The lowest BCUT2D eigenvalue weighted by Gasteiger charge is -2.18. The number of esters is 1. The molecular weight excluding hydrogens is 464 g/mol. The third kappa shape index (κ3) is 4.99. The smallest absolute Gasteiger partial charge is 0.309 e. The van der Waals surface area contributed by atoms with E-state index in [0.29, 0.717) is 53.4 Å². The van der Waals surface area contributed by atoms with Crippen LogP contribution in [0.15, 0.2) is 24.5 Å². The van der Waals surface area contributed by atoms with Gasteiger partial charge in [-0.15, -0.1) is 11.3 Å². The van der Waals surface area contributed by atoms with Gasteiger partial charge in [-0.1, -0.05) is 11.6 Å². The van der Waals surface area contributed by atoms with Gasteiger partial charge in [-0.05, 0) is 45.2 Å².